The molecule has 3 nitrogen and oxygen atoms in total. The summed E-state index contributed by atoms with van der Waals surface area (Å²) >= 11 is 3.42. The highest BCUT2D eigenvalue weighted by Crippen LogP contribution is 2.28. The van der Waals surface area contributed by atoms with Crippen LogP contribution in [0.15, 0.2) is 59.1 Å². The SMILES string of the molecule is CCCc1nc(Cc2cccc(F)c2)c(C(=O)O)cc1-c1ccc(Br)cc1. The number of hydrogen-bond acceptors (Lipinski definition) is 2. The number of rotatable bonds is 6. The van der Waals surface area contributed by atoms with Gasteiger partial charge in [-0.15, -0.1) is 0 Å². The number of aryl methyl sites for hydroxylation is 1. The van der Waals surface area contributed by atoms with E-state index in [4.69, 9.17) is 4.98 Å². The van der Waals surface area contributed by atoms with Crippen LogP contribution in [0.5, 0.6) is 0 Å². The van der Waals surface area contributed by atoms with Crippen molar-refractivity contribution in [1.82, 2.24) is 4.98 Å². The second kappa shape index (κ2) is 8.44. The van der Waals surface area contributed by atoms with Gasteiger partial charge in [-0.2, -0.15) is 0 Å². The number of halogens is 2. The molecule has 1 heterocycles. The van der Waals surface area contributed by atoms with Gasteiger partial charge >= 0.3 is 5.97 Å². The van der Waals surface area contributed by atoms with Gasteiger partial charge < -0.3 is 5.11 Å². The Morgan fingerprint density at radius 3 is 2.48 bits per heavy atom. The van der Waals surface area contributed by atoms with Gasteiger partial charge in [0.15, 0.2) is 0 Å². The first-order chi connectivity index (χ1) is 13.0. The first-order valence-electron chi connectivity index (χ1n) is 8.74. The number of aromatic nitrogens is 1. The van der Waals surface area contributed by atoms with Gasteiger partial charge in [0.2, 0.25) is 0 Å². The lowest BCUT2D eigenvalue weighted by Crippen LogP contribution is -2.09. The maximum atomic E-state index is 13.5. The number of aromatic carboxylic acids is 1. The summed E-state index contributed by atoms with van der Waals surface area (Å²) in [7, 11) is 0. The van der Waals surface area contributed by atoms with E-state index in [9.17, 15) is 14.3 Å². The summed E-state index contributed by atoms with van der Waals surface area (Å²) < 4.78 is 14.5. The fourth-order valence-corrected chi connectivity index (χ4v) is 3.33. The summed E-state index contributed by atoms with van der Waals surface area (Å²) in [4.78, 5) is 16.6. The second-order valence-corrected chi connectivity index (χ2v) is 7.26. The third-order valence-corrected chi connectivity index (χ3v) is 4.84. The molecule has 1 aromatic heterocycles. The monoisotopic (exact) mass is 427 g/mol. The molecule has 3 aromatic rings. The highest BCUT2D eigenvalue weighted by atomic mass is 79.9. The third kappa shape index (κ3) is 4.61. The number of carboxylic acid groups (broad SMARTS) is 1. The second-order valence-electron chi connectivity index (χ2n) is 6.35. The normalized spacial score (nSPS) is 10.8. The van der Waals surface area contributed by atoms with Gasteiger partial charge in [0.1, 0.15) is 5.82 Å². The van der Waals surface area contributed by atoms with Gasteiger partial charge in [0, 0.05) is 22.2 Å². The molecule has 5 heteroatoms. The van der Waals surface area contributed by atoms with Crippen LogP contribution >= 0.6 is 15.9 Å². The van der Waals surface area contributed by atoms with Crippen LogP contribution in [0.1, 0.15) is 40.7 Å². The number of pyridine rings is 1. The van der Waals surface area contributed by atoms with Crippen molar-refractivity contribution in [2.45, 2.75) is 26.2 Å². The maximum Gasteiger partial charge on any atom is 0.337 e. The maximum absolute atomic E-state index is 13.5. The molecule has 0 aliphatic rings. The highest BCUT2D eigenvalue weighted by molar-refractivity contribution is 9.10. The van der Waals surface area contributed by atoms with E-state index < -0.39 is 5.97 Å². The van der Waals surface area contributed by atoms with Gasteiger partial charge in [-0.25, -0.2) is 9.18 Å². The van der Waals surface area contributed by atoms with E-state index in [0.29, 0.717) is 11.3 Å². The molecular formula is C22H19BrFNO2. The Morgan fingerprint density at radius 1 is 1.11 bits per heavy atom. The standard InChI is InChI=1S/C22H19BrFNO2/c1-2-4-20-18(15-7-9-16(23)10-8-15)13-19(22(26)27)21(25-20)12-14-5-3-6-17(24)11-14/h3,5-11,13H,2,4,12H2,1H3,(H,26,27). The Hall–Kier alpha value is -2.53. The zero-order valence-corrected chi connectivity index (χ0v) is 16.5. The highest BCUT2D eigenvalue weighted by Gasteiger charge is 2.18. The van der Waals surface area contributed by atoms with Gasteiger partial charge in [-0.3, -0.25) is 4.98 Å². The molecule has 27 heavy (non-hydrogen) atoms. The lowest BCUT2D eigenvalue weighted by Gasteiger charge is -2.14. The molecule has 0 aliphatic heterocycles. The van der Waals surface area contributed by atoms with Crippen molar-refractivity contribution in [2.75, 3.05) is 0 Å². The lowest BCUT2D eigenvalue weighted by atomic mass is 9.96. The van der Waals surface area contributed by atoms with Crippen molar-refractivity contribution >= 4 is 21.9 Å². The molecule has 3 rings (SSSR count). The van der Waals surface area contributed by atoms with Crippen LogP contribution in [-0.4, -0.2) is 16.1 Å². The Morgan fingerprint density at radius 2 is 1.85 bits per heavy atom. The predicted molar refractivity (Wildman–Crippen MR) is 108 cm³/mol. The summed E-state index contributed by atoms with van der Waals surface area (Å²) in [6.07, 6.45) is 1.90. The topological polar surface area (TPSA) is 50.2 Å². The minimum atomic E-state index is -1.03. The predicted octanol–water partition coefficient (Wildman–Crippen LogP) is 5.89. The third-order valence-electron chi connectivity index (χ3n) is 4.31. The van der Waals surface area contributed by atoms with Crippen LogP contribution in [0, 0.1) is 5.82 Å². The van der Waals surface area contributed by atoms with Gasteiger partial charge in [-0.1, -0.05) is 53.5 Å². The van der Waals surface area contributed by atoms with Gasteiger partial charge in [0.25, 0.3) is 0 Å². The zero-order chi connectivity index (χ0) is 19.4. The molecule has 0 saturated carbocycles. The van der Waals surface area contributed by atoms with E-state index in [1.54, 1.807) is 18.2 Å². The first kappa shape index (κ1) is 19.2. The Bertz CT molecular complexity index is 971. The minimum absolute atomic E-state index is 0.150. The first-order valence-corrected chi connectivity index (χ1v) is 9.53. The van der Waals surface area contributed by atoms with E-state index in [2.05, 4.69) is 22.9 Å². The van der Waals surface area contributed by atoms with Crippen molar-refractivity contribution < 1.29 is 14.3 Å². The van der Waals surface area contributed by atoms with Crippen LogP contribution in [-0.2, 0) is 12.8 Å². The number of carboxylic acids is 1. The Labute approximate surface area is 166 Å². The minimum Gasteiger partial charge on any atom is -0.478 e. The molecule has 0 atom stereocenters. The molecule has 0 bridgehead atoms. The van der Waals surface area contributed by atoms with Gasteiger partial charge in [0.05, 0.1) is 11.3 Å². The number of nitrogens with zero attached hydrogens (tertiary/aromatic N) is 1. The average molecular weight is 428 g/mol. The average Bonchev–Trinajstić information content (AvgIpc) is 2.63. The van der Waals surface area contributed by atoms with E-state index in [-0.39, 0.29) is 17.8 Å². The Balaban J connectivity index is 2.12. The lowest BCUT2D eigenvalue weighted by molar-refractivity contribution is 0.0695. The van der Waals surface area contributed by atoms with E-state index in [1.165, 1.54) is 12.1 Å². The van der Waals surface area contributed by atoms with Crippen LogP contribution in [0.25, 0.3) is 11.1 Å². The number of hydrogen-bond donors (Lipinski definition) is 1. The molecule has 0 fully saturated rings. The number of carbonyl (C=O) groups is 1. The molecule has 0 spiro atoms. The molecule has 0 unspecified atom stereocenters. The summed E-state index contributed by atoms with van der Waals surface area (Å²) in [5, 5.41) is 9.71. The van der Waals surface area contributed by atoms with Crippen molar-refractivity contribution in [3.63, 3.8) is 0 Å². The fourth-order valence-electron chi connectivity index (χ4n) is 3.06. The molecule has 138 valence electrons. The van der Waals surface area contributed by atoms with Crippen LogP contribution in [0.3, 0.4) is 0 Å². The quantitative estimate of drug-likeness (QED) is 0.533. The van der Waals surface area contributed by atoms with Crippen LogP contribution in [0.2, 0.25) is 0 Å². The van der Waals surface area contributed by atoms with Crippen LogP contribution < -0.4 is 0 Å². The summed E-state index contributed by atoms with van der Waals surface area (Å²) in [6.45, 7) is 2.06. The Kier molecular flexibility index (Phi) is 6.01. The van der Waals surface area contributed by atoms with E-state index >= 15 is 0 Å². The van der Waals surface area contributed by atoms with Crippen LogP contribution in [0.4, 0.5) is 4.39 Å². The zero-order valence-electron chi connectivity index (χ0n) is 14.9. The summed E-state index contributed by atoms with van der Waals surface area (Å²) in [5.74, 6) is -1.38. The molecule has 2 aromatic carbocycles. The smallest absolute Gasteiger partial charge is 0.337 e. The van der Waals surface area contributed by atoms with E-state index in [1.807, 2.05) is 24.3 Å². The van der Waals surface area contributed by atoms with Gasteiger partial charge in [-0.05, 0) is 47.9 Å². The molecule has 0 amide bonds. The fraction of sp³-hybridized carbons (Fsp3) is 0.182. The van der Waals surface area contributed by atoms with Crippen molar-refractivity contribution in [2.24, 2.45) is 0 Å². The molecule has 1 N–H and O–H groups in total. The summed E-state index contributed by atoms with van der Waals surface area (Å²) in [5.41, 5.74) is 3.91. The molecule has 0 saturated heterocycles. The van der Waals surface area contributed by atoms with Crippen molar-refractivity contribution in [3.05, 3.63) is 87.4 Å². The van der Waals surface area contributed by atoms with E-state index in [0.717, 1.165) is 34.1 Å². The molecular weight excluding hydrogens is 409 g/mol. The number of benzene rings is 2. The molecule has 0 radical (unpaired) electrons. The summed E-state index contributed by atoms with van der Waals surface area (Å²) in [6, 6.07) is 15.6. The van der Waals surface area contributed by atoms with Crippen molar-refractivity contribution in [3.8, 4) is 11.1 Å². The molecule has 0 aliphatic carbocycles. The largest absolute Gasteiger partial charge is 0.478 e. The van der Waals surface area contributed by atoms with Crippen molar-refractivity contribution in [1.29, 1.82) is 0 Å².